The van der Waals surface area contributed by atoms with Gasteiger partial charge in [0, 0.05) is 31.4 Å². The molecule has 1 aromatic carbocycles. The summed E-state index contributed by atoms with van der Waals surface area (Å²) >= 11 is 0. The summed E-state index contributed by atoms with van der Waals surface area (Å²) in [6, 6.07) is 7.28. The van der Waals surface area contributed by atoms with E-state index in [-0.39, 0.29) is 11.9 Å². The molecule has 18 heavy (non-hydrogen) atoms. The lowest BCUT2D eigenvalue weighted by Crippen LogP contribution is -2.54. The highest BCUT2D eigenvalue weighted by atomic mass is 16.5. The monoisotopic (exact) mass is 249 g/mol. The molecule has 1 aliphatic rings. The van der Waals surface area contributed by atoms with Gasteiger partial charge in [-0.1, -0.05) is 6.07 Å². The Morgan fingerprint density at radius 2 is 2.39 bits per heavy atom. The molecule has 1 heterocycles. The van der Waals surface area contributed by atoms with Gasteiger partial charge in [0.1, 0.15) is 12.4 Å². The van der Waals surface area contributed by atoms with Crippen LogP contribution in [0.25, 0.3) is 0 Å². The van der Waals surface area contributed by atoms with Gasteiger partial charge in [0.25, 0.3) is 0 Å². The van der Waals surface area contributed by atoms with Crippen LogP contribution < -0.4 is 15.8 Å². The maximum absolute atomic E-state index is 11.5. The Morgan fingerprint density at radius 1 is 1.56 bits per heavy atom. The predicted octanol–water partition coefficient (Wildman–Crippen LogP) is 0.468. The van der Waals surface area contributed by atoms with Crippen LogP contribution in [-0.2, 0) is 4.79 Å². The van der Waals surface area contributed by atoms with E-state index in [1.165, 1.54) is 0 Å². The molecule has 0 radical (unpaired) electrons. The minimum Gasteiger partial charge on any atom is -0.492 e. The number of rotatable bonds is 4. The van der Waals surface area contributed by atoms with E-state index in [0.29, 0.717) is 18.8 Å². The lowest BCUT2D eigenvalue weighted by Gasteiger charge is -2.32. The van der Waals surface area contributed by atoms with Gasteiger partial charge in [-0.25, -0.2) is 0 Å². The van der Waals surface area contributed by atoms with E-state index in [0.717, 1.165) is 18.8 Å². The Hall–Kier alpha value is -1.75. The number of anilines is 1. The number of carbonyl (C=O) groups excluding carboxylic acids is 1. The molecule has 0 aliphatic carbocycles. The Bertz CT molecular complexity index is 422. The number of nitrogens with zero attached hydrogens (tertiary/aromatic N) is 1. The molecule has 5 nitrogen and oxygen atoms in total. The molecule has 98 valence electrons. The summed E-state index contributed by atoms with van der Waals surface area (Å²) in [6.45, 7) is 4.79. The van der Waals surface area contributed by atoms with Gasteiger partial charge in [-0.15, -0.1) is 0 Å². The number of ether oxygens (including phenoxy) is 1. The predicted molar refractivity (Wildman–Crippen MR) is 70.4 cm³/mol. The van der Waals surface area contributed by atoms with Gasteiger partial charge in [0.05, 0.1) is 6.04 Å². The maximum atomic E-state index is 11.5. The molecule has 0 aromatic heterocycles. The van der Waals surface area contributed by atoms with Gasteiger partial charge in [-0.3, -0.25) is 9.69 Å². The molecule has 1 unspecified atom stereocenters. The van der Waals surface area contributed by atoms with E-state index < -0.39 is 0 Å². The van der Waals surface area contributed by atoms with E-state index in [2.05, 4.69) is 10.2 Å². The van der Waals surface area contributed by atoms with Crippen molar-refractivity contribution in [2.24, 2.45) is 0 Å². The molecule has 1 saturated heterocycles. The molecule has 0 bridgehead atoms. The third-order valence-electron chi connectivity index (χ3n) is 3.13. The molecule has 1 amide bonds. The number of hydrogen-bond acceptors (Lipinski definition) is 4. The molecular weight excluding hydrogens is 230 g/mol. The number of piperazine rings is 1. The van der Waals surface area contributed by atoms with Crippen LogP contribution in [-0.4, -0.2) is 43.1 Å². The summed E-state index contributed by atoms with van der Waals surface area (Å²) in [7, 11) is 0. The standard InChI is InChI=1S/C13H19N3O2/c1-10-13(17)15-5-6-16(10)7-8-18-12-4-2-3-11(14)9-12/h2-4,9-10H,5-8,14H2,1H3,(H,15,17). The zero-order valence-electron chi connectivity index (χ0n) is 10.6. The largest absolute Gasteiger partial charge is 0.492 e. The summed E-state index contributed by atoms with van der Waals surface area (Å²) < 4.78 is 5.62. The van der Waals surface area contributed by atoms with E-state index in [4.69, 9.17) is 10.5 Å². The maximum Gasteiger partial charge on any atom is 0.237 e. The third-order valence-corrected chi connectivity index (χ3v) is 3.13. The quantitative estimate of drug-likeness (QED) is 0.761. The first-order valence-corrected chi connectivity index (χ1v) is 6.17. The van der Waals surface area contributed by atoms with E-state index >= 15 is 0 Å². The number of nitrogen functional groups attached to an aromatic ring is 1. The van der Waals surface area contributed by atoms with Crippen LogP contribution in [0.15, 0.2) is 24.3 Å². The minimum atomic E-state index is -0.0804. The van der Waals surface area contributed by atoms with Crippen molar-refractivity contribution in [2.45, 2.75) is 13.0 Å². The summed E-state index contributed by atoms with van der Waals surface area (Å²) in [5, 5.41) is 2.84. The fourth-order valence-electron chi connectivity index (χ4n) is 2.02. The summed E-state index contributed by atoms with van der Waals surface area (Å²) in [5.41, 5.74) is 6.36. The van der Waals surface area contributed by atoms with Crippen LogP contribution in [0.2, 0.25) is 0 Å². The van der Waals surface area contributed by atoms with Crippen molar-refractivity contribution in [3.63, 3.8) is 0 Å². The molecule has 1 aliphatic heterocycles. The Labute approximate surface area is 107 Å². The lowest BCUT2D eigenvalue weighted by atomic mass is 10.2. The normalized spacial score (nSPS) is 20.5. The van der Waals surface area contributed by atoms with E-state index in [1.54, 1.807) is 6.07 Å². The van der Waals surface area contributed by atoms with Crippen LogP contribution in [0.3, 0.4) is 0 Å². The Kier molecular flexibility index (Phi) is 4.04. The van der Waals surface area contributed by atoms with Crippen LogP contribution in [0.5, 0.6) is 5.75 Å². The number of amides is 1. The highest BCUT2D eigenvalue weighted by molar-refractivity contribution is 5.81. The number of carbonyl (C=O) groups is 1. The van der Waals surface area contributed by atoms with Crippen LogP contribution in [0.1, 0.15) is 6.92 Å². The number of hydrogen-bond donors (Lipinski definition) is 2. The van der Waals surface area contributed by atoms with Crippen molar-refractivity contribution in [2.75, 3.05) is 32.0 Å². The van der Waals surface area contributed by atoms with Gasteiger partial charge in [0.15, 0.2) is 0 Å². The van der Waals surface area contributed by atoms with Gasteiger partial charge >= 0.3 is 0 Å². The molecule has 2 rings (SSSR count). The smallest absolute Gasteiger partial charge is 0.237 e. The first-order valence-electron chi connectivity index (χ1n) is 6.17. The topological polar surface area (TPSA) is 67.6 Å². The van der Waals surface area contributed by atoms with Crippen molar-refractivity contribution in [3.05, 3.63) is 24.3 Å². The molecule has 5 heteroatoms. The van der Waals surface area contributed by atoms with Crippen molar-refractivity contribution >= 4 is 11.6 Å². The van der Waals surface area contributed by atoms with Crippen LogP contribution in [0.4, 0.5) is 5.69 Å². The Morgan fingerprint density at radius 3 is 3.17 bits per heavy atom. The second kappa shape index (κ2) is 5.73. The van der Waals surface area contributed by atoms with Gasteiger partial charge in [0.2, 0.25) is 5.91 Å². The fraction of sp³-hybridized carbons (Fsp3) is 0.462. The zero-order valence-corrected chi connectivity index (χ0v) is 10.6. The summed E-state index contributed by atoms with van der Waals surface area (Å²) in [5.74, 6) is 0.856. The highest BCUT2D eigenvalue weighted by Crippen LogP contribution is 2.14. The molecule has 0 saturated carbocycles. The third kappa shape index (κ3) is 3.13. The average molecular weight is 249 g/mol. The van der Waals surface area contributed by atoms with Gasteiger partial charge in [-0.05, 0) is 19.1 Å². The second-order valence-corrected chi connectivity index (χ2v) is 4.42. The zero-order chi connectivity index (χ0) is 13.0. The van der Waals surface area contributed by atoms with Crippen LogP contribution >= 0.6 is 0 Å². The highest BCUT2D eigenvalue weighted by Gasteiger charge is 2.24. The molecule has 1 aromatic rings. The van der Waals surface area contributed by atoms with Crippen molar-refractivity contribution in [1.82, 2.24) is 10.2 Å². The van der Waals surface area contributed by atoms with Crippen LogP contribution in [0, 0.1) is 0 Å². The molecule has 1 fully saturated rings. The van der Waals surface area contributed by atoms with Crippen molar-refractivity contribution in [3.8, 4) is 5.75 Å². The number of benzene rings is 1. The summed E-state index contributed by atoms with van der Waals surface area (Å²) in [4.78, 5) is 13.6. The first kappa shape index (κ1) is 12.7. The van der Waals surface area contributed by atoms with Crippen molar-refractivity contribution in [1.29, 1.82) is 0 Å². The second-order valence-electron chi connectivity index (χ2n) is 4.42. The average Bonchev–Trinajstić information content (AvgIpc) is 2.35. The molecule has 1 atom stereocenters. The minimum absolute atomic E-state index is 0.0804. The van der Waals surface area contributed by atoms with E-state index in [9.17, 15) is 4.79 Å². The first-order chi connectivity index (χ1) is 8.66. The van der Waals surface area contributed by atoms with Gasteiger partial charge < -0.3 is 15.8 Å². The molecular formula is C13H19N3O2. The molecule has 3 N–H and O–H groups in total. The van der Waals surface area contributed by atoms with E-state index in [1.807, 2.05) is 25.1 Å². The lowest BCUT2D eigenvalue weighted by molar-refractivity contribution is -0.128. The van der Waals surface area contributed by atoms with Gasteiger partial charge in [-0.2, -0.15) is 0 Å². The number of nitrogens with one attached hydrogen (secondary N) is 1. The van der Waals surface area contributed by atoms with Crippen molar-refractivity contribution < 1.29 is 9.53 Å². The Balaban J connectivity index is 1.80. The SMILES string of the molecule is CC1C(=O)NCCN1CCOc1cccc(N)c1. The number of nitrogens with two attached hydrogens (primary N) is 1. The summed E-state index contributed by atoms with van der Waals surface area (Å²) in [6.07, 6.45) is 0. The molecule has 0 spiro atoms. The fourth-order valence-corrected chi connectivity index (χ4v) is 2.02.